The lowest BCUT2D eigenvalue weighted by atomic mass is 10.2. The van der Waals surface area contributed by atoms with Gasteiger partial charge in [0.1, 0.15) is 0 Å². The Hall–Kier alpha value is -1.04. The van der Waals surface area contributed by atoms with Crippen molar-refractivity contribution in [2.45, 2.75) is 11.8 Å². The van der Waals surface area contributed by atoms with Crippen LogP contribution in [0, 0.1) is 6.92 Å². The van der Waals surface area contributed by atoms with Gasteiger partial charge >= 0.3 is 0 Å². The Kier molecular flexibility index (Phi) is 6.08. The fraction of sp³-hybridized carbons (Fsp3) is 0.0625. The van der Waals surface area contributed by atoms with Crippen molar-refractivity contribution in [1.29, 1.82) is 0 Å². The summed E-state index contributed by atoms with van der Waals surface area (Å²) in [6.45, 7) is 2.01. The van der Waals surface area contributed by atoms with E-state index in [0.29, 0.717) is 8.30 Å². The molecule has 0 bridgehead atoms. The Morgan fingerprint density at radius 3 is 2.19 bits per heavy atom. The minimum Gasteiger partial charge on any atom is -0.321 e. The smallest absolute Gasteiger partial charge is 0.264 e. The highest BCUT2D eigenvalue weighted by Gasteiger charge is 2.15. The number of carbonyl (C=O) groups is 1. The Morgan fingerprint density at radius 1 is 1.00 bits per heavy atom. The summed E-state index contributed by atoms with van der Waals surface area (Å²) >= 11 is 8.08. The molecule has 0 aliphatic rings. The second kappa shape index (κ2) is 7.82. The van der Waals surface area contributed by atoms with Gasteiger partial charge in [-0.3, -0.25) is 4.79 Å². The molecule has 2 aromatic rings. The number of hydrogen-bond acceptors (Lipinski definition) is 2. The number of thioether (sulfide) groups is 1. The zero-order valence-corrected chi connectivity index (χ0v) is 15.3. The number of benzene rings is 2. The fourth-order valence-corrected chi connectivity index (χ4v) is 3.20. The van der Waals surface area contributed by atoms with Crippen molar-refractivity contribution in [3.8, 4) is 0 Å². The summed E-state index contributed by atoms with van der Waals surface area (Å²) in [5.41, 5.74) is 1.93. The first-order valence-corrected chi connectivity index (χ1v) is 8.62. The Labute approximate surface area is 145 Å². The van der Waals surface area contributed by atoms with E-state index in [2.05, 4.69) is 37.2 Å². The number of halogens is 2. The number of nitrogens with one attached hydrogen (secondary N) is 1. The van der Waals surface area contributed by atoms with Crippen LogP contribution in [0.2, 0.25) is 0 Å². The van der Waals surface area contributed by atoms with Gasteiger partial charge in [0, 0.05) is 10.6 Å². The van der Waals surface area contributed by atoms with Gasteiger partial charge in [0.2, 0.25) is 0 Å². The quantitative estimate of drug-likeness (QED) is 0.502. The summed E-state index contributed by atoms with van der Waals surface area (Å²) in [6, 6.07) is 17.5. The van der Waals surface area contributed by atoms with Crippen LogP contribution in [0.4, 0.5) is 5.69 Å². The molecule has 0 saturated heterocycles. The predicted octanol–water partition coefficient (Wildman–Crippen LogP) is 5.68. The van der Waals surface area contributed by atoms with E-state index in [9.17, 15) is 4.79 Å². The first kappa shape index (κ1) is 16.3. The predicted molar refractivity (Wildman–Crippen MR) is 97.0 cm³/mol. The standard InChI is InChI=1S/C16H13Br2NOS/c1-11-7-9-12(10-8-11)19-16(20)14(15(17)18)21-13-5-3-2-4-6-13/h2-10H,1H3,(H,19,20). The topological polar surface area (TPSA) is 29.1 Å². The van der Waals surface area contributed by atoms with Gasteiger partial charge in [-0.05, 0) is 63.0 Å². The lowest BCUT2D eigenvalue weighted by Gasteiger charge is -2.09. The number of aryl methyl sites for hydroxylation is 1. The van der Waals surface area contributed by atoms with E-state index >= 15 is 0 Å². The van der Waals surface area contributed by atoms with Gasteiger partial charge in [0.25, 0.3) is 5.91 Å². The minimum absolute atomic E-state index is 0.156. The molecule has 0 saturated carbocycles. The molecule has 2 nitrogen and oxygen atoms in total. The van der Waals surface area contributed by atoms with Gasteiger partial charge < -0.3 is 5.32 Å². The second-order valence-corrected chi connectivity index (χ2v) is 8.06. The molecule has 5 heteroatoms. The molecule has 0 aliphatic carbocycles. The van der Waals surface area contributed by atoms with E-state index in [1.807, 2.05) is 61.5 Å². The third kappa shape index (κ3) is 5.02. The van der Waals surface area contributed by atoms with Crippen LogP contribution in [-0.4, -0.2) is 5.91 Å². The normalized spacial score (nSPS) is 10.0. The monoisotopic (exact) mass is 425 g/mol. The van der Waals surface area contributed by atoms with Crippen LogP contribution in [0.15, 0.2) is 67.8 Å². The summed E-state index contributed by atoms with van der Waals surface area (Å²) in [7, 11) is 0. The summed E-state index contributed by atoms with van der Waals surface area (Å²) in [4.78, 5) is 14.0. The Bertz CT molecular complexity index is 650. The van der Waals surface area contributed by atoms with Gasteiger partial charge in [-0.25, -0.2) is 0 Å². The molecule has 2 aromatic carbocycles. The zero-order valence-electron chi connectivity index (χ0n) is 11.3. The molecule has 0 radical (unpaired) electrons. The molecular formula is C16H13Br2NOS. The molecular weight excluding hydrogens is 414 g/mol. The highest BCUT2D eigenvalue weighted by Crippen LogP contribution is 2.34. The molecule has 0 fully saturated rings. The molecule has 0 unspecified atom stereocenters. The van der Waals surface area contributed by atoms with Crippen LogP contribution in [0.25, 0.3) is 0 Å². The van der Waals surface area contributed by atoms with Gasteiger partial charge in [0.15, 0.2) is 0 Å². The fourth-order valence-electron chi connectivity index (χ4n) is 1.60. The summed E-state index contributed by atoms with van der Waals surface area (Å²) in [5, 5.41) is 2.89. The number of rotatable bonds is 4. The van der Waals surface area contributed by atoms with E-state index in [4.69, 9.17) is 0 Å². The van der Waals surface area contributed by atoms with Crippen molar-refractivity contribution in [2.24, 2.45) is 0 Å². The van der Waals surface area contributed by atoms with Gasteiger partial charge in [-0.2, -0.15) is 0 Å². The number of carbonyl (C=O) groups excluding carboxylic acids is 1. The average Bonchev–Trinajstić information content (AvgIpc) is 2.48. The number of amides is 1. The van der Waals surface area contributed by atoms with E-state index in [0.717, 1.165) is 16.1 Å². The molecule has 0 atom stereocenters. The first-order valence-electron chi connectivity index (χ1n) is 6.22. The molecule has 108 valence electrons. The lowest BCUT2D eigenvalue weighted by Crippen LogP contribution is -2.13. The largest absolute Gasteiger partial charge is 0.321 e. The van der Waals surface area contributed by atoms with E-state index in [-0.39, 0.29) is 5.91 Å². The van der Waals surface area contributed by atoms with E-state index in [1.165, 1.54) is 11.8 Å². The summed E-state index contributed by atoms with van der Waals surface area (Å²) in [5.74, 6) is -0.156. The van der Waals surface area contributed by atoms with Crippen LogP contribution in [0.5, 0.6) is 0 Å². The van der Waals surface area contributed by atoms with Crippen LogP contribution in [-0.2, 0) is 4.79 Å². The SMILES string of the molecule is Cc1ccc(NC(=O)C(Sc2ccccc2)=C(Br)Br)cc1. The highest BCUT2D eigenvalue weighted by atomic mass is 79.9. The summed E-state index contributed by atoms with van der Waals surface area (Å²) in [6.07, 6.45) is 0. The first-order chi connectivity index (χ1) is 10.1. The molecule has 0 aliphatic heterocycles. The van der Waals surface area contributed by atoms with Crippen LogP contribution < -0.4 is 5.32 Å². The van der Waals surface area contributed by atoms with Crippen molar-refractivity contribution < 1.29 is 4.79 Å². The zero-order chi connectivity index (χ0) is 15.2. The van der Waals surface area contributed by atoms with Crippen molar-refractivity contribution in [1.82, 2.24) is 0 Å². The molecule has 1 amide bonds. The van der Waals surface area contributed by atoms with Crippen molar-refractivity contribution in [3.05, 3.63) is 68.5 Å². The number of hydrogen-bond donors (Lipinski definition) is 1. The molecule has 0 heterocycles. The van der Waals surface area contributed by atoms with E-state index in [1.54, 1.807) is 0 Å². The molecule has 0 spiro atoms. The van der Waals surface area contributed by atoms with Crippen LogP contribution in [0.1, 0.15) is 5.56 Å². The Balaban J connectivity index is 2.14. The van der Waals surface area contributed by atoms with Crippen molar-refractivity contribution in [2.75, 3.05) is 5.32 Å². The maximum Gasteiger partial charge on any atom is 0.264 e. The van der Waals surface area contributed by atoms with Crippen molar-refractivity contribution >= 4 is 55.2 Å². The van der Waals surface area contributed by atoms with Gasteiger partial charge in [-0.15, -0.1) is 0 Å². The summed E-state index contributed by atoms with van der Waals surface area (Å²) < 4.78 is 0.633. The Morgan fingerprint density at radius 2 is 1.62 bits per heavy atom. The van der Waals surface area contributed by atoms with Crippen molar-refractivity contribution in [3.63, 3.8) is 0 Å². The maximum atomic E-state index is 12.4. The highest BCUT2D eigenvalue weighted by molar-refractivity contribution is 9.28. The maximum absolute atomic E-state index is 12.4. The van der Waals surface area contributed by atoms with Crippen LogP contribution >= 0.6 is 43.6 Å². The lowest BCUT2D eigenvalue weighted by molar-refractivity contribution is -0.112. The molecule has 21 heavy (non-hydrogen) atoms. The molecule has 0 aromatic heterocycles. The average molecular weight is 427 g/mol. The second-order valence-electron chi connectivity index (χ2n) is 4.32. The van der Waals surface area contributed by atoms with Crippen LogP contribution in [0.3, 0.4) is 0 Å². The third-order valence-corrected chi connectivity index (χ3v) is 5.07. The molecule has 2 rings (SSSR count). The third-order valence-electron chi connectivity index (χ3n) is 2.65. The molecule has 1 N–H and O–H groups in total. The van der Waals surface area contributed by atoms with Gasteiger partial charge in [0.05, 0.1) is 8.30 Å². The van der Waals surface area contributed by atoms with E-state index < -0.39 is 0 Å². The van der Waals surface area contributed by atoms with Gasteiger partial charge in [-0.1, -0.05) is 47.7 Å². The minimum atomic E-state index is -0.156. The number of anilines is 1.